The molecular formula is C23H25N3O3. The molecule has 0 saturated carbocycles. The highest BCUT2D eigenvalue weighted by atomic mass is 16.2. The van der Waals surface area contributed by atoms with Gasteiger partial charge in [0.2, 0.25) is 11.8 Å². The molecule has 1 unspecified atom stereocenters. The fraction of sp³-hybridized carbons (Fsp3) is 0.348. The minimum Gasteiger partial charge on any atom is -0.340 e. The van der Waals surface area contributed by atoms with Gasteiger partial charge in [-0.25, -0.2) is 0 Å². The van der Waals surface area contributed by atoms with Crippen molar-refractivity contribution < 1.29 is 14.4 Å². The van der Waals surface area contributed by atoms with E-state index in [2.05, 4.69) is 5.32 Å². The third kappa shape index (κ3) is 4.31. The van der Waals surface area contributed by atoms with Crippen molar-refractivity contribution in [3.63, 3.8) is 0 Å². The van der Waals surface area contributed by atoms with E-state index in [1.807, 2.05) is 41.3 Å². The molecule has 3 amide bonds. The summed E-state index contributed by atoms with van der Waals surface area (Å²) in [5, 5.41) is 2.90. The van der Waals surface area contributed by atoms with Crippen LogP contribution in [0.15, 0.2) is 54.6 Å². The number of benzene rings is 2. The van der Waals surface area contributed by atoms with Crippen LogP contribution < -0.4 is 10.2 Å². The summed E-state index contributed by atoms with van der Waals surface area (Å²) in [7, 11) is 0. The smallest absolute Gasteiger partial charge is 0.252 e. The second-order valence-corrected chi connectivity index (χ2v) is 7.61. The quantitative estimate of drug-likeness (QED) is 0.852. The molecule has 150 valence electrons. The Morgan fingerprint density at radius 3 is 2.59 bits per heavy atom. The summed E-state index contributed by atoms with van der Waals surface area (Å²) in [6.07, 6.45) is 2.87. The zero-order valence-electron chi connectivity index (χ0n) is 16.3. The molecule has 2 heterocycles. The molecule has 0 radical (unpaired) electrons. The topological polar surface area (TPSA) is 69.7 Å². The van der Waals surface area contributed by atoms with E-state index in [-0.39, 0.29) is 17.7 Å². The third-order valence-electron chi connectivity index (χ3n) is 5.55. The van der Waals surface area contributed by atoms with Gasteiger partial charge in [0.05, 0.1) is 0 Å². The Morgan fingerprint density at radius 1 is 1.00 bits per heavy atom. The van der Waals surface area contributed by atoms with Gasteiger partial charge in [-0.1, -0.05) is 36.4 Å². The van der Waals surface area contributed by atoms with Crippen molar-refractivity contribution in [2.24, 2.45) is 0 Å². The van der Waals surface area contributed by atoms with E-state index < -0.39 is 6.04 Å². The average Bonchev–Trinajstić information content (AvgIpc) is 3.18. The van der Waals surface area contributed by atoms with Crippen LogP contribution in [-0.2, 0) is 16.1 Å². The Hall–Kier alpha value is -3.15. The first-order valence-electron chi connectivity index (χ1n) is 10.2. The number of likely N-dealkylation sites (tertiary alicyclic amines) is 1. The lowest BCUT2D eigenvalue weighted by Crippen LogP contribution is -2.51. The predicted molar refractivity (Wildman–Crippen MR) is 110 cm³/mol. The van der Waals surface area contributed by atoms with Gasteiger partial charge in [-0.15, -0.1) is 0 Å². The Bertz CT molecular complexity index is 913. The van der Waals surface area contributed by atoms with Crippen LogP contribution in [0.1, 0.15) is 41.6 Å². The largest absolute Gasteiger partial charge is 0.340 e. The summed E-state index contributed by atoms with van der Waals surface area (Å²) in [6.45, 7) is 1.94. The third-order valence-corrected chi connectivity index (χ3v) is 5.55. The zero-order chi connectivity index (χ0) is 20.2. The summed E-state index contributed by atoms with van der Waals surface area (Å²) in [5.41, 5.74) is 2.28. The van der Waals surface area contributed by atoms with E-state index in [1.54, 1.807) is 23.1 Å². The highest BCUT2D eigenvalue weighted by Gasteiger charge is 2.30. The summed E-state index contributed by atoms with van der Waals surface area (Å²) < 4.78 is 0. The molecule has 0 bridgehead atoms. The molecule has 2 aromatic rings. The van der Waals surface area contributed by atoms with Crippen LogP contribution in [0.25, 0.3) is 0 Å². The number of anilines is 1. The van der Waals surface area contributed by atoms with Crippen molar-refractivity contribution in [1.82, 2.24) is 10.2 Å². The lowest BCUT2D eigenvalue weighted by atomic mass is 10.0. The van der Waals surface area contributed by atoms with Gasteiger partial charge in [-0.3, -0.25) is 14.4 Å². The monoisotopic (exact) mass is 391 g/mol. The zero-order valence-corrected chi connectivity index (χ0v) is 16.3. The Kier molecular flexibility index (Phi) is 5.60. The molecule has 1 atom stereocenters. The second-order valence-electron chi connectivity index (χ2n) is 7.61. The number of carbonyl (C=O) groups excluding carboxylic acids is 3. The Labute approximate surface area is 170 Å². The minimum absolute atomic E-state index is 0.0423. The van der Waals surface area contributed by atoms with Gasteiger partial charge < -0.3 is 15.1 Å². The van der Waals surface area contributed by atoms with Gasteiger partial charge >= 0.3 is 0 Å². The number of hydrogen-bond acceptors (Lipinski definition) is 3. The van der Waals surface area contributed by atoms with E-state index in [4.69, 9.17) is 0 Å². The number of nitrogens with one attached hydrogen (secondary N) is 1. The predicted octanol–water partition coefficient (Wildman–Crippen LogP) is 2.73. The van der Waals surface area contributed by atoms with E-state index in [9.17, 15) is 14.4 Å². The maximum absolute atomic E-state index is 12.9. The van der Waals surface area contributed by atoms with Gasteiger partial charge in [0, 0.05) is 37.3 Å². The molecule has 4 rings (SSSR count). The molecular weight excluding hydrogens is 366 g/mol. The standard InChI is InChI=1S/C23H25N3O3/c27-21-12-6-14-26(21)19-10-4-9-18(15-19)22(28)24-20-11-5-13-25(23(20)29)16-17-7-2-1-3-8-17/h1-4,7-10,15,20H,5-6,11-14,16H2,(H,24,28). The van der Waals surface area contributed by atoms with Crippen LogP contribution in [0.2, 0.25) is 0 Å². The molecule has 1 N–H and O–H groups in total. The maximum Gasteiger partial charge on any atom is 0.252 e. The van der Waals surface area contributed by atoms with Crippen LogP contribution in [0.5, 0.6) is 0 Å². The first kappa shape index (κ1) is 19.2. The van der Waals surface area contributed by atoms with Gasteiger partial charge in [0.15, 0.2) is 0 Å². The lowest BCUT2D eigenvalue weighted by Gasteiger charge is -2.32. The highest BCUT2D eigenvalue weighted by Crippen LogP contribution is 2.23. The normalized spacial score (nSPS) is 19.5. The fourth-order valence-electron chi connectivity index (χ4n) is 4.01. The molecule has 0 spiro atoms. The van der Waals surface area contributed by atoms with Crippen molar-refractivity contribution in [2.75, 3.05) is 18.0 Å². The van der Waals surface area contributed by atoms with Crippen LogP contribution >= 0.6 is 0 Å². The Morgan fingerprint density at radius 2 is 1.83 bits per heavy atom. The molecule has 2 aliphatic heterocycles. The van der Waals surface area contributed by atoms with Gasteiger partial charge in [-0.05, 0) is 43.0 Å². The Balaban J connectivity index is 1.42. The summed E-state index contributed by atoms with van der Waals surface area (Å²) >= 11 is 0. The fourth-order valence-corrected chi connectivity index (χ4v) is 4.01. The van der Waals surface area contributed by atoms with Gasteiger partial charge in [0.25, 0.3) is 5.91 Å². The summed E-state index contributed by atoms with van der Waals surface area (Å²) in [6, 6.07) is 16.4. The first-order valence-corrected chi connectivity index (χ1v) is 10.2. The van der Waals surface area contributed by atoms with E-state index in [0.717, 1.165) is 24.1 Å². The number of piperidine rings is 1. The van der Waals surface area contributed by atoms with Gasteiger partial charge in [0.1, 0.15) is 6.04 Å². The highest BCUT2D eigenvalue weighted by molar-refractivity contribution is 6.00. The number of rotatable bonds is 5. The van der Waals surface area contributed by atoms with Crippen LogP contribution in [0.4, 0.5) is 5.69 Å². The van der Waals surface area contributed by atoms with Crippen molar-refractivity contribution in [3.8, 4) is 0 Å². The van der Waals surface area contributed by atoms with Crippen LogP contribution in [0.3, 0.4) is 0 Å². The van der Waals surface area contributed by atoms with E-state index in [0.29, 0.717) is 38.0 Å². The SMILES string of the molecule is O=C(NC1CCCN(Cc2ccccc2)C1=O)c1cccc(N2CCCC2=O)c1. The molecule has 6 heteroatoms. The number of amides is 3. The molecule has 0 aromatic heterocycles. The molecule has 2 saturated heterocycles. The molecule has 29 heavy (non-hydrogen) atoms. The molecule has 2 aromatic carbocycles. The number of hydrogen-bond donors (Lipinski definition) is 1. The molecule has 6 nitrogen and oxygen atoms in total. The van der Waals surface area contributed by atoms with Crippen molar-refractivity contribution in [1.29, 1.82) is 0 Å². The second kappa shape index (κ2) is 8.47. The summed E-state index contributed by atoms with van der Waals surface area (Å²) in [4.78, 5) is 41.2. The lowest BCUT2D eigenvalue weighted by molar-refractivity contribution is -0.136. The number of nitrogens with zero attached hydrogens (tertiary/aromatic N) is 2. The average molecular weight is 391 g/mol. The number of carbonyl (C=O) groups is 3. The maximum atomic E-state index is 12.9. The van der Waals surface area contributed by atoms with Crippen LogP contribution in [-0.4, -0.2) is 41.8 Å². The molecule has 0 aliphatic carbocycles. The van der Waals surface area contributed by atoms with E-state index >= 15 is 0 Å². The van der Waals surface area contributed by atoms with Crippen molar-refractivity contribution >= 4 is 23.4 Å². The summed E-state index contributed by atoms with van der Waals surface area (Å²) in [5.74, 6) is -0.237. The molecule has 2 aliphatic rings. The molecule has 2 fully saturated rings. The van der Waals surface area contributed by atoms with Gasteiger partial charge in [-0.2, -0.15) is 0 Å². The minimum atomic E-state index is -0.517. The van der Waals surface area contributed by atoms with Crippen molar-refractivity contribution in [2.45, 2.75) is 38.3 Å². The van der Waals surface area contributed by atoms with Crippen molar-refractivity contribution in [3.05, 3.63) is 65.7 Å². The van der Waals surface area contributed by atoms with E-state index in [1.165, 1.54) is 0 Å². The first-order chi connectivity index (χ1) is 14.1. The van der Waals surface area contributed by atoms with Crippen LogP contribution in [0, 0.1) is 0 Å².